The van der Waals surface area contributed by atoms with Crippen molar-refractivity contribution in [3.63, 3.8) is 0 Å². The maximum absolute atomic E-state index is 13.4. The molecule has 3 N–H and O–H groups in total. The molecule has 8 heteroatoms. The second-order valence-electron chi connectivity index (χ2n) is 7.62. The van der Waals surface area contributed by atoms with E-state index in [2.05, 4.69) is 0 Å². The van der Waals surface area contributed by atoms with Crippen LogP contribution in [0.5, 0.6) is 11.5 Å². The number of phenols is 1. The number of aliphatic carboxylic acids is 1. The first-order valence-corrected chi connectivity index (χ1v) is 9.73. The summed E-state index contributed by atoms with van der Waals surface area (Å²) in [6.07, 6.45) is 0.0827. The van der Waals surface area contributed by atoms with Gasteiger partial charge in [0.25, 0.3) is 0 Å². The van der Waals surface area contributed by atoms with Crippen LogP contribution in [0.2, 0.25) is 0 Å². The number of nitrogens with two attached hydrogens (primary N) is 1. The normalized spacial score (nSPS) is 27.9. The number of phenolic OH excluding ortho intramolecular Hbond substituents is 1. The molecule has 2 aliphatic heterocycles. The molecule has 0 radical (unpaired) electrons. The first-order chi connectivity index (χ1) is 14.4. The fraction of sp³-hybridized carbons (Fsp3) is 0.318. The molecule has 156 valence electrons. The molecule has 0 unspecified atom stereocenters. The number of carboxylic acids is 1. The summed E-state index contributed by atoms with van der Waals surface area (Å²) in [5, 5.41) is 24.4. The third-order valence-electron chi connectivity index (χ3n) is 6.36. The third-order valence-corrected chi connectivity index (χ3v) is 6.36. The lowest BCUT2D eigenvalue weighted by molar-refractivity contribution is -0.739. The van der Waals surface area contributed by atoms with E-state index in [-0.39, 0.29) is 17.9 Å². The molecule has 2 aromatic rings. The second kappa shape index (κ2) is 7.14. The van der Waals surface area contributed by atoms with Crippen molar-refractivity contribution in [1.82, 2.24) is 0 Å². The fourth-order valence-electron chi connectivity index (χ4n) is 4.89. The van der Waals surface area contributed by atoms with E-state index in [1.165, 1.54) is 12.4 Å². The zero-order chi connectivity index (χ0) is 21.6. The molecule has 0 spiro atoms. The van der Waals surface area contributed by atoms with Gasteiger partial charge >= 0.3 is 0 Å². The molecule has 2 aromatic carbocycles. The lowest BCUT2D eigenvalue weighted by atomic mass is 9.78. The molecule has 8 nitrogen and oxygen atoms in total. The molecule has 2 fully saturated rings. The van der Waals surface area contributed by atoms with Gasteiger partial charge in [-0.3, -0.25) is 9.59 Å². The number of fused-ring (bicyclic) bond motifs is 1. The van der Waals surface area contributed by atoms with Crippen LogP contribution < -0.4 is 20.1 Å². The van der Waals surface area contributed by atoms with Crippen molar-refractivity contribution < 1.29 is 34.7 Å². The number of amides is 2. The predicted molar refractivity (Wildman–Crippen MR) is 103 cm³/mol. The van der Waals surface area contributed by atoms with Crippen LogP contribution in [0.3, 0.4) is 0 Å². The lowest BCUT2D eigenvalue weighted by Crippen LogP contribution is -2.99. The minimum atomic E-state index is -1.62. The smallest absolute Gasteiger partial charge is 0.244 e. The number of hydrogen-bond acceptors (Lipinski definition) is 6. The summed E-state index contributed by atoms with van der Waals surface area (Å²) in [7, 11) is 1.40. The van der Waals surface area contributed by atoms with Gasteiger partial charge in [-0.15, -0.1) is 0 Å². The Bertz CT molecular complexity index is 1020. The van der Waals surface area contributed by atoms with Gasteiger partial charge in [0.15, 0.2) is 11.5 Å². The highest BCUT2D eigenvalue weighted by Gasteiger charge is 2.69. The molecule has 2 amide bonds. The maximum Gasteiger partial charge on any atom is 0.244 e. The number of hydrogen-bond donors (Lipinski definition) is 2. The molecule has 4 rings (SSSR count). The first kappa shape index (κ1) is 19.9. The van der Waals surface area contributed by atoms with Crippen LogP contribution in [0.25, 0.3) is 0 Å². The summed E-state index contributed by atoms with van der Waals surface area (Å²) >= 11 is 0. The van der Waals surface area contributed by atoms with Crippen molar-refractivity contribution in [3.8, 4) is 11.5 Å². The Morgan fingerprint density at radius 1 is 1.17 bits per heavy atom. The number of anilines is 1. The van der Waals surface area contributed by atoms with Crippen LogP contribution in [-0.2, 0) is 14.4 Å². The highest BCUT2D eigenvalue weighted by atomic mass is 16.5. The molecular weight excluding hydrogens is 388 g/mol. The summed E-state index contributed by atoms with van der Waals surface area (Å²) in [4.78, 5) is 40.1. The van der Waals surface area contributed by atoms with Crippen LogP contribution in [0.1, 0.15) is 24.9 Å². The standard InChI is InChI=1S/C22H22N2O6/c1-3-22(21(28)29)16-15(17(23-22)13-10-7-11-14(30-2)18(13)25)19(26)24(20(16)27)12-8-5-4-6-9-12/h4-11,15-17,23,25H,3H2,1-2H3,(H,28,29)/t15-,16-,17-,22+/m0/s1. The van der Waals surface area contributed by atoms with Crippen LogP contribution in [0, 0.1) is 11.8 Å². The number of rotatable bonds is 5. The van der Waals surface area contributed by atoms with E-state index in [0.29, 0.717) is 11.3 Å². The largest absolute Gasteiger partial charge is 0.544 e. The van der Waals surface area contributed by atoms with Gasteiger partial charge in [0.2, 0.25) is 11.8 Å². The summed E-state index contributed by atoms with van der Waals surface area (Å²) in [6, 6.07) is 12.5. The number of quaternary nitrogens is 1. The second-order valence-corrected chi connectivity index (χ2v) is 7.62. The minimum Gasteiger partial charge on any atom is -0.544 e. The summed E-state index contributed by atoms with van der Waals surface area (Å²) < 4.78 is 5.17. The summed E-state index contributed by atoms with van der Waals surface area (Å²) in [6.45, 7) is 1.65. The van der Waals surface area contributed by atoms with E-state index in [1.807, 2.05) is 0 Å². The van der Waals surface area contributed by atoms with Crippen LogP contribution in [-0.4, -0.2) is 35.5 Å². The molecule has 0 bridgehead atoms. The van der Waals surface area contributed by atoms with Crippen LogP contribution in [0.4, 0.5) is 5.69 Å². The number of carboxylic acid groups (broad SMARTS) is 1. The van der Waals surface area contributed by atoms with Crippen LogP contribution in [0.15, 0.2) is 48.5 Å². The van der Waals surface area contributed by atoms with Gasteiger partial charge in [0, 0.05) is 6.42 Å². The number of aromatic hydroxyl groups is 1. The number of carbonyl (C=O) groups is 3. The van der Waals surface area contributed by atoms with E-state index < -0.39 is 41.2 Å². The Hall–Kier alpha value is -3.39. The predicted octanol–water partition coefficient (Wildman–Crippen LogP) is -0.277. The molecule has 0 saturated carbocycles. The molecular formula is C22H22N2O6. The zero-order valence-electron chi connectivity index (χ0n) is 16.6. The molecule has 0 aromatic heterocycles. The van der Waals surface area contributed by atoms with Gasteiger partial charge in [-0.1, -0.05) is 31.2 Å². The number of ether oxygens (including phenoxy) is 1. The number of imide groups is 1. The number of nitrogens with zero attached hydrogens (tertiary/aromatic N) is 1. The molecule has 2 aliphatic rings. The average molecular weight is 410 g/mol. The van der Waals surface area contributed by atoms with Gasteiger partial charge < -0.3 is 25.1 Å². The number of benzene rings is 2. The van der Waals surface area contributed by atoms with Gasteiger partial charge in [-0.05, 0) is 24.3 Å². The Morgan fingerprint density at radius 3 is 2.47 bits per heavy atom. The molecule has 0 aliphatic carbocycles. The Morgan fingerprint density at radius 2 is 1.87 bits per heavy atom. The van der Waals surface area contributed by atoms with E-state index in [0.717, 1.165) is 4.90 Å². The van der Waals surface area contributed by atoms with Crippen molar-refractivity contribution in [2.75, 3.05) is 12.0 Å². The third kappa shape index (κ3) is 2.60. The van der Waals surface area contributed by atoms with Crippen molar-refractivity contribution in [2.24, 2.45) is 11.8 Å². The molecule has 2 heterocycles. The highest BCUT2D eigenvalue weighted by Crippen LogP contribution is 2.48. The van der Waals surface area contributed by atoms with E-state index >= 15 is 0 Å². The van der Waals surface area contributed by atoms with Crippen molar-refractivity contribution in [2.45, 2.75) is 24.9 Å². The summed E-state index contributed by atoms with van der Waals surface area (Å²) in [5.41, 5.74) is -0.892. The van der Waals surface area contributed by atoms with E-state index in [1.54, 1.807) is 55.5 Å². The number of para-hydroxylation sites is 2. The Labute approximate surface area is 173 Å². The monoisotopic (exact) mass is 410 g/mol. The topological polar surface area (TPSA) is 124 Å². The maximum atomic E-state index is 13.4. The highest BCUT2D eigenvalue weighted by molar-refractivity contribution is 6.23. The quantitative estimate of drug-likeness (QED) is 0.654. The first-order valence-electron chi connectivity index (χ1n) is 9.73. The minimum absolute atomic E-state index is 0.0827. The number of methoxy groups -OCH3 is 1. The zero-order valence-corrected chi connectivity index (χ0v) is 16.6. The molecule has 30 heavy (non-hydrogen) atoms. The SMILES string of the molecule is CC[C@@]1(C(=O)[O-])[NH2+][C@@H](c2cccc(OC)c2O)[C@H]2C(=O)N(c3ccccc3)C(=O)[C@H]21. The lowest BCUT2D eigenvalue weighted by Gasteiger charge is -2.31. The van der Waals surface area contributed by atoms with Gasteiger partial charge in [-0.2, -0.15) is 0 Å². The van der Waals surface area contributed by atoms with E-state index in [9.17, 15) is 24.6 Å². The van der Waals surface area contributed by atoms with Gasteiger partial charge in [0.1, 0.15) is 29.4 Å². The average Bonchev–Trinajstić information content (AvgIpc) is 3.23. The fourth-order valence-corrected chi connectivity index (χ4v) is 4.89. The van der Waals surface area contributed by atoms with Crippen molar-refractivity contribution in [3.05, 3.63) is 54.1 Å². The number of carbonyl (C=O) groups excluding carboxylic acids is 3. The van der Waals surface area contributed by atoms with Gasteiger partial charge in [0.05, 0.1) is 18.4 Å². The Balaban J connectivity index is 1.88. The van der Waals surface area contributed by atoms with Crippen molar-refractivity contribution >= 4 is 23.5 Å². The van der Waals surface area contributed by atoms with Crippen molar-refractivity contribution in [1.29, 1.82) is 0 Å². The summed E-state index contributed by atoms with van der Waals surface area (Å²) in [5.74, 6) is -4.51. The van der Waals surface area contributed by atoms with Crippen LogP contribution >= 0.6 is 0 Å². The Kier molecular flexibility index (Phi) is 4.74. The van der Waals surface area contributed by atoms with E-state index in [4.69, 9.17) is 4.74 Å². The molecule has 2 saturated heterocycles. The van der Waals surface area contributed by atoms with Gasteiger partial charge in [-0.25, -0.2) is 4.90 Å². The molecule has 4 atom stereocenters.